The predicted octanol–water partition coefficient (Wildman–Crippen LogP) is 2.89. The van der Waals surface area contributed by atoms with Gasteiger partial charge in [0.1, 0.15) is 6.07 Å². The number of rotatable bonds is 1. The van der Waals surface area contributed by atoms with Gasteiger partial charge in [-0.15, -0.1) is 0 Å². The van der Waals surface area contributed by atoms with Crippen molar-refractivity contribution >= 4 is 5.57 Å². The van der Waals surface area contributed by atoms with E-state index in [0.717, 1.165) is 12.1 Å². The molecule has 0 N–H and O–H groups in total. The number of nitrogens with zero attached hydrogens (tertiary/aromatic N) is 2. The smallest absolute Gasteiger partial charge is 0.101 e. The van der Waals surface area contributed by atoms with Crippen LogP contribution in [0.3, 0.4) is 0 Å². The van der Waals surface area contributed by atoms with E-state index in [2.05, 4.69) is 36.5 Å². The predicted molar refractivity (Wildman–Crippen MR) is 59.6 cm³/mol. The molecule has 0 aliphatic heterocycles. The molecule has 2 nitrogen and oxygen atoms in total. The molecule has 0 unspecified atom stereocenters. The number of pyridine rings is 1. The average molecular weight is 195 g/mol. The Morgan fingerprint density at radius 1 is 1.33 bits per heavy atom. The fraction of sp³-hybridized carbons (Fsp3) is 0.154. The van der Waals surface area contributed by atoms with Gasteiger partial charge in [-0.2, -0.15) is 5.26 Å². The molecule has 2 heteroatoms. The van der Waals surface area contributed by atoms with Crippen molar-refractivity contribution < 1.29 is 0 Å². The lowest BCUT2D eigenvalue weighted by atomic mass is 9.97. The molecule has 0 atom stereocenters. The number of aromatic nitrogens is 1. The van der Waals surface area contributed by atoms with Crippen LogP contribution in [0.1, 0.15) is 24.6 Å². The number of hydrogen-bond donors (Lipinski definition) is 0. The zero-order valence-corrected chi connectivity index (χ0v) is 8.57. The molecule has 0 saturated heterocycles. The normalized spacial score (nSPS) is 15.2. The molecule has 1 heterocycles. The van der Waals surface area contributed by atoms with Crippen LogP contribution in [0.2, 0.25) is 0 Å². The van der Waals surface area contributed by atoms with E-state index in [-0.39, 0.29) is 0 Å². The second-order valence-electron chi connectivity index (χ2n) is 3.55. The van der Waals surface area contributed by atoms with Crippen LogP contribution in [0.5, 0.6) is 0 Å². The molecule has 15 heavy (non-hydrogen) atoms. The van der Waals surface area contributed by atoms with Crippen molar-refractivity contribution in [1.29, 1.82) is 5.26 Å². The van der Waals surface area contributed by atoms with E-state index >= 15 is 0 Å². The van der Waals surface area contributed by atoms with E-state index in [0.29, 0.717) is 5.56 Å². The van der Waals surface area contributed by atoms with E-state index in [9.17, 15) is 0 Å². The minimum Gasteiger partial charge on any atom is -0.255 e. The number of hydrogen-bond acceptors (Lipinski definition) is 2. The molecular weight excluding hydrogens is 184 g/mol. The van der Waals surface area contributed by atoms with E-state index in [1.165, 1.54) is 11.1 Å². The van der Waals surface area contributed by atoms with Crippen LogP contribution >= 0.6 is 0 Å². The molecule has 73 valence electrons. The van der Waals surface area contributed by atoms with Gasteiger partial charge in [0.2, 0.25) is 0 Å². The average Bonchev–Trinajstić information content (AvgIpc) is 2.30. The van der Waals surface area contributed by atoms with Gasteiger partial charge in [-0.25, -0.2) is 0 Å². The van der Waals surface area contributed by atoms with Crippen LogP contribution in [0.25, 0.3) is 5.57 Å². The van der Waals surface area contributed by atoms with E-state index in [1.54, 1.807) is 12.3 Å². The Labute approximate surface area is 89.6 Å². The van der Waals surface area contributed by atoms with Gasteiger partial charge in [0.05, 0.1) is 11.3 Å². The Balaban J connectivity index is 2.28. The molecular formula is C13H11N2. The first-order valence-corrected chi connectivity index (χ1v) is 4.87. The fourth-order valence-electron chi connectivity index (χ4n) is 1.48. The van der Waals surface area contributed by atoms with Crippen LogP contribution in [0.4, 0.5) is 0 Å². The zero-order valence-electron chi connectivity index (χ0n) is 8.57. The maximum absolute atomic E-state index is 8.65. The molecule has 1 aliphatic rings. The molecule has 0 saturated carbocycles. The Morgan fingerprint density at radius 2 is 2.20 bits per heavy atom. The first-order chi connectivity index (χ1) is 7.29. The molecule has 1 radical (unpaired) electrons. The van der Waals surface area contributed by atoms with Crippen LogP contribution in [0, 0.1) is 17.8 Å². The van der Waals surface area contributed by atoms with Crippen LogP contribution in [-0.2, 0) is 0 Å². The lowest BCUT2D eigenvalue weighted by Crippen LogP contribution is -1.94. The molecule has 0 spiro atoms. The summed E-state index contributed by atoms with van der Waals surface area (Å²) in [5.74, 6) is 0. The molecule has 0 fully saturated rings. The summed E-state index contributed by atoms with van der Waals surface area (Å²) in [5, 5.41) is 8.65. The third-order valence-corrected chi connectivity index (χ3v) is 2.41. The van der Waals surface area contributed by atoms with Crippen molar-refractivity contribution in [2.24, 2.45) is 0 Å². The molecule has 0 aromatic carbocycles. The lowest BCUT2D eigenvalue weighted by Gasteiger charge is -2.10. The number of allylic oxidation sites excluding steroid dienone is 4. The van der Waals surface area contributed by atoms with Gasteiger partial charge in [0.15, 0.2) is 0 Å². The third-order valence-electron chi connectivity index (χ3n) is 2.41. The van der Waals surface area contributed by atoms with Gasteiger partial charge in [0, 0.05) is 6.20 Å². The molecule has 1 aromatic heterocycles. The van der Waals surface area contributed by atoms with Crippen LogP contribution in [-0.4, -0.2) is 4.98 Å². The largest absolute Gasteiger partial charge is 0.255 e. The highest BCUT2D eigenvalue weighted by atomic mass is 14.7. The molecule has 0 amide bonds. The molecule has 2 rings (SSSR count). The van der Waals surface area contributed by atoms with Crippen molar-refractivity contribution in [2.75, 3.05) is 0 Å². The Bertz CT molecular complexity index is 458. The summed E-state index contributed by atoms with van der Waals surface area (Å²) in [6, 6.07) is 5.76. The summed E-state index contributed by atoms with van der Waals surface area (Å²) in [6.07, 6.45) is 8.88. The number of nitriles is 1. The van der Waals surface area contributed by atoms with Crippen LogP contribution in [0.15, 0.2) is 36.1 Å². The van der Waals surface area contributed by atoms with E-state index < -0.39 is 0 Å². The SMILES string of the molecule is CC1=CC=C(c2ccc(C#N)cn2)C[CH]1. The zero-order chi connectivity index (χ0) is 10.7. The van der Waals surface area contributed by atoms with E-state index in [1.807, 2.05) is 6.07 Å². The summed E-state index contributed by atoms with van der Waals surface area (Å²) in [5.41, 5.74) is 4.04. The van der Waals surface area contributed by atoms with Gasteiger partial charge in [-0.1, -0.05) is 17.7 Å². The summed E-state index contributed by atoms with van der Waals surface area (Å²) >= 11 is 0. The van der Waals surface area contributed by atoms with Crippen molar-refractivity contribution in [3.63, 3.8) is 0 Å². The van der Waals surface area contributed by atoms with Gasteiger partial charge in [0.25, 0.3) is 0 Å². The summed E-state index contributed by atoms with van der Waals surface area (Å²) < 4.78 is 0. The van der Waals surface area contributed by atoms with Gasteiger partial charge in [-0.05, 0) is 37.5 Å². The van der Waals surface area contributed by atoms with Crippen LogP contribution < -0.4 is 0 Å². The molecule has 1 aliphatic carbocycles. The Morgan fingerprint density at radius 3 is 2.73 bits per heavy atom. The highest BCUT2D eigenvalue weighted by Crippen LogP contribution is 2.24. The first kappa shape index (κ1) is 9.67. The summed E-state index contributed by atoms with van der Waals surface area (Å²) in [6.45, 7) is 2.08. The maximum atomic E-state index is 8.65. The van der Waals surface area contributed by atoms with Crippen molar-refractivity contribution in [2.45, 2.75) is 13.3 Å². The quantitative estimate of drug-likeness (QED) is 0.690. The Kier molecular flexibility index (Phi) is 2.64. The van der Waals surface area contributed by atoms with Gasteiger partial charge >= 0.3 is 0 Å². The van der Waals surface area contributed by atoms with Crippen molar-refractivity contribution in [3.05, 3.63) is 53.7 Å². The standard InChI is InChI=1S/C13H11N2/c1-10-2-5-12(6-3-10)13-7-4-11(8-14)9-15-13/h2-5,7,9H,6H2,1H3. The topological polar surface area (TPSA) is 36.7 Å². The highest BCUT2D eigenvalue weighted by molar-refractivity contribution is 5.68. The maximum Gasteiger partial charge on any atom is 0.101 e. The third kappa shape index (κ3) is 2.13. The second kappa shape index (κ2) is 4.10. The summed E-state index contributed by atoms with van der Waals surface area (Å²) in [4.78, 5) is 4.26. The van der Waals surface area contributed by atoms with Crippen molar-refractivity contribution in [3.8, 4) is 6.07 Å². The molecule has 0 bridgehead atoms. The Hall–Kier alpha value is -1.88. The molecule has 1 aromatic rings. The minimum absolute atomic E-state index is 0.603. The summed E-state index contributed by atoms with van der Waals surface area (Å²) in [7, 11) is 0. The highest BCUT2D eigenvalue weighted by Gasteiger charge is 2.07. The minimum atomic E-state index is 0.603. The van der Waals surface area contributed by atoms with Gasteiger partial charge in [-0.3, -0.25) is 4.98 Å². The second-order valence-corrected chi connectivity index (χ2v) is 3.55. The van der Waals surface area contributed by atoms with Crippen molar-refractivity contribution in [1.82, 2.24) is 4.98 Å². The fourth-order valence-corrected chi connectivity index (χ4v) is 1.48. The van der Waals surface area contributed by atoms with E-state index in [4.69, 9.17) is 5.26 Å². The lowest BCUT2D eigenvalue weighted by molar-refractivity contribution is 1.15. The monoisotopic (exact) mass is 195 g/mol. The van der Waals surface area contributed by atoms with Gasteiger partial charge < -0.3 is 0 Å². The first-order valence-electron chi connectivity index (χ1n) is 4.87.